The molecule has 0 fully saturated rings. The SMILES string of the molecule is CC(C)(C)CNCc1cc(F)cc(Br)c1. The largest absolute Gasteiger partial charge is 0.312 e. The topological polar surface area (TPSA) is 12.0 Å². The van der Waals surface area contributed by atoms with Crippen LogP contribution in [0, 0.1) is 11.2 Å². The van der Waals surface area contributed by atoms with Crippen LogP contribution in [-0.2, 0) is 6.54 Å². The third kappa shape index (κ3) is 5.28. The molecular weight excluding hydrogens is 257 g/mol. The van der Waals surface area contributed by atoms with E-state index >= 15 is 0 Å². The Hall–Kier alpha value is -0.410. The molecule has 1 aromatic carbocycles. The summed E-state index contributed by atoms with van der Waals surface area (Å²) < 4.78 is 13.8. The van der Waals surface area contributed by atoms with Gasteiger partial charge in [0.05, 0.1) is 0 Å². The first-order valence-corrected chi connectivity index (χ1v) is 5.82. The highest BCUT2D eigenvalue weighted by Crippen LogP contribution is 2.15. The van der Waals surface area contributed by atoms with E-state index in [1.807, 2.05) is 6.07 Å². The van der Waals surface area contributed by atoms with Crippen LogP contribution in [0.3, 0.4) is 0 Å². The monoisotopic (exact) mass is 273 g/mol. The summed E-state index contributed by atoms with van der Waals surface area (Å²) in [5, 5.41) is 3.31. The van der Waals surface area contributed by atoms with Crippen molar-refractivity contribution < 1.29 is 4.39 Å². The average molecular weight is 274 g/mol. The summed E-state index contributed by atoms with van der Waals surface area (Å²) in [6.07, 6.45) is 0. The van der Waals surface area contributed by atoms with E-state index in [2.05, 4.69) is 42.0 Å². The van der Waals surface area contributed by atoms with Gasteiger partial charge < -0.3 is 5.32 Å². The predicted molar refractivity (Wildman–Crippen MR) is 65.3 cm³/mol. The number of hydrogen-bond donors (Lipinski definition) is 1. The molecule has 0 heterocycles. The molecule has 0 amide bonds. The van der Waals surface area contributed by atoms with Crippen LogP contribution in [0.4, 0.5) is 4.39 Å². The molecule has 0 unspecified atom stereocenters. The van der Waals surface area contributed by atoms with Gasteiger partial charge in [-0.25, -0.2) is 4.39 Å². The van der Waals surface area contributed by atoms with Crippen molar-refractivity contribution in [3.05, 3.63) is 34.1 Å². The zero-order chi connectivity index (χ0) is 11.5. The fraction of sp³-hybridized carbons (Fsp3) is 0.500. The summed E-state index contributed by atoms with van der Waals surface area (Å²) in [6, 6.07) is 4.95. The van der Waals surface area contributed by atoms with Gasteiger partial charge in [0, 0.05) is 17.6 Å². The van der Waals surface area contributed by atoms with E-state index in [9.17, 15) is 4.39 Å². The molecule has 0 aliphatic carbocycles. The minimum Gasteiger partial charge on any atom is -0.312 e. The Morgan fingerprint density at radius 2 is 1.93 bits per heavy atom. The maximum Gasteiger partial charge on any atom is 0.124 e. The van der Waals surface area contributed by atoms with Crippen molar-refractivity contribution in [2.75, 3.05) is 6.54 Å². The Morgan fingerprint density at radius 1 is 1.27 bits per heavy atom. The molecule has 0 spiro atoms. The van der Waals surface area contributed by atoms with Gasteiger partial charge in [-0.2, -0.15) is 0 Å². The van der Waals surface area contributed by atoms with Crippen LogP contribution in [0.25, 0.3) is 0 Å². The highest BCUT2D eigenvalue weighted by molar-refractivity contribution is 9.10. The maximum atomic E-state index is 13.0. The lowest BCUT2D eigenvalue weighted by Crippen LogP contribution is -2.26. The van der Waals surface area contributed by atoms with Gasteiger partial charge in [-0.3, -0.25) is 0 Å². The second kappa shape index (κ2) is 5.08. The Morgan fingerprint density at radius 3 is 2.47 bits per heavy atom. The zero-order valence-corrected chi connectivity index (χ0v) is 11.0. The fourth-order valence-electron chi connectivity index (χ4n) is 1.29. The summed E-state index contributed by atoms with van der Waals surface area (Å²) in [7, 11) is 0. The molecule has 0 radical (unpaired) electrons. The van der Waals surface area contributed by atoms with Crippen LogP contribution < -0.4 is 5.32 Å². The van der Waals surface area contributed by atoms with Crippen molar-refractivity contribution in [1.29, 1.82) is 0 Å². The molecule has 1 nitrogen and oxygen atoms in total. The third-order valence-electron chi connectivity index (χ3n) is 1.91. The van der Waals surface area contributed by atoms with E-state index < -0.39 is 0 Å². The van der Waals surface area contributed by atoms with E-state index in [4.69, 9.17) is 0 Å². The van der Waals surface area contributed by atoms with Gasteiger partial charge in [0.1, 0.15) is 5.82 Å². The number of halogens is 2. The quantitative estimate of drug-likeness (QED) is 0.885. The summed E-state index contributed by atoms with van der Waals surface area (Å²) >= 11 is 3.28. The summed E-state index contributed by atoms with van der Waals surface area (Å²) in [4.78, 5) is 0. The summed E-state index contributed by atoms with van der Waals surface area (Å²) in [6.45, 7) is 8.12. The molecule has 3 heteroatoms. The summed E-state index contributed by atoms with van der Waals surface area (Å²) in [5.41, 5.74) is 1.22. The van der Waals surface area contributed by atoms with Crippen molar-refractivity contribution >= 4 is 15.9 Å². The Bertz CT molecular complexity index is 311. The first-order valence-electron chi connectivity index (χ1n) is 5.02. The molecule has 0 saturated heterocycles. The molecule has 0 bridgehead atoms. The van der Waals surface area contributed by atoms with Gasteiger partial charge in [0.25, 0.3) is 0 Å². The molecular formula is C12H17BrFN. The first-order chi connectivity index (χ1) is 6.87. The summed E-state index contributed by atoms with van der Waals surface area (Å²) in [5.74, 6) is -0.197. The van der Waals surface area contributed by atoms with Crippen LogP contribution in [0.5, 0.6) is 0 Å². The molecule has 1 rings (SSSR count). The smallest absolute Gasteiger partial charge is 0.124 e. The number of hydrogen-bond acceptors (Lipinski definition) is 1. The zero-order valence-electron chi connectivity index (χ0n) is 9.40. The lowest BCUT2D eigenvalue weighted by atomic mass is 9.97. The molecule has 0 aromatic heterocycles. The number of rotatable bonds is 3. The number of benzene rings is 1. The first kappa shape index (κ1) is 12.7. The van der Waals surface area contributed by atoms with Gasteiger partial charge in [-0.15, -0.1) is 0 Å². The molecule has 84 valence electrons. The number of nitrogens with one attached hydrogen (secondary N) is 1. The lowest BCUT2D eigenvalue weighted by molar-refractivity contribution is 0.379. The van der Waals surface area contributed by atoms with E-state index in [-0.39, 0.29) is 11.2 Å². The second-order valence-electron chi connectivity index (χ2n) is 4.94. The van der Waals surface area contributed by atoms with E-state index in [0.717, 1.165) is 16.6 Å². The van der Waals surface area contributed by atoms with E-state index in [1.54, 1.807) is 6.07 Å². The Kier molecular flexibility index (Phi) is 4.29. The van der Waals surface area contributed by atoms with Crippen LogP contribution in [0.1, 0.15) is 26.3 Å². The van der Waals surface area contributed by atoms with Crippen LogP contribution in [0.15, 0.2) is 22.7 Å². The molecule has 1 N–H and O–H groups in total. The maximum absolute atomic E-state index is 13.0. The highest BCUT2D eigenvalue weighted by Gasteiger charge is 2.09. The minimum atomic E-state index is -0.197. The van der Waals surface area contributed by atoms with Gasteiger partial charge in [-0.1, -0.05) is 36.7 Å². The standard InChI is InChI=1S/C12H17BrFN/c1-12(2,3)8-15-7-9-4-10(13)6-11(14)5-9/h4-6,15H,7-8H2,1-3H3. The normalized spacial score (nSPS) is 11.8. The Balaban J connectivity index is 2.51. The molecule has 1 aromatic rings. The predicted octanol–water partition coefficient (Wildman–Crippen LogP) is 3.72. The molecule has 0 aliphatic rings. The fourth-order valence-corrected chi connectivity index (χ4v) is 1.81. The molecule has 0 aliphatic heterocycles. The van der Waals surface area contributed by atoms with Crippen molar-refractivity contribution in [1.82, 2.24) is 5.32 Å². The lowest BCUT2D eigenvalue weighted by Gasteiger charge is -2.18. The molecule has 0 atom stereocenters. The minimum absolute atomic E-state index is 0.197. The second-order valence-corrected chi connectivity index (χ2v) is 5.86. The van der Waals surface area contributed by atoms with E-state index in [0.29, 0.717) is 6.54 Å². The van der Waals surface area contributed by atoms with Crippen molar-refractivity contribution in [2.45, 2.75) is 27.3 Å². The van der Waals surface area contributed by atoms with Crippen molar-refractivity contribution in [2.24, 2.45) is 5.41 Å². The van der Waals surface area contributed by atoms with Gasteiger partial charge in [0.2, 0.25) is 0 Å². The van der Waals surface area contributed by atoms with Crippen molar-refractivity contribution in [3.8, 4) is 0 Å². The van der Waals surface area contributed by atoms with Crippen LogP contribution in [0.2, 0.25) is 0 Å². The van der Waals surface area contributed by atoms with Crippen LogP contribution in [-0.4, -0.2) is 6.54 Å². The molecule has 0 saturated carbocycles. The van der Waals surface area contributed by atoms with E-state index in [1.165, 1.54) is 6.07 Å². The van der Waals surface area contributed by atoms with Gasteiger partial charge in [-0.05, 0) is 29.2 Å². The van der Waals surface area contributed by atoms with Crippen LogP contribution >= 0.6 is 15.9 Å². The average Bonchev–Trinajstić information content (AvgIpc) is 1.99. The molecule has 15 heavy (non-hydrogen) atoms. The Labute approximate surface area is 99.2 Å². The van der Waals surface area contributed by atoms with Crippen molar-refractivity contribution in [3.63, 3.8) is 0 Å². The van der Waals surface area contributed by atoms with Gasteiger partial charge >= 0.3 is 0 Å². The third-order valence-corrected chi connectivity index (χ3v) is 2.36. The van der Waals surface area contributed by atoms with Gasteiger partial charge in [0.15, 0.2) is 0 Å². The highest BCUT2D eigenvalue weighted by atomic mass is 79.9.